The lowest BCUT2D eigenvalue weighted by Crippen LogP contribution is -2.55. The van der Waals surface area contributed by atoms with Gasteiger partial charge in [0.2, 0.25) is 11.0 Å². The number of ether oxygens (including phenoxy) is 1. The molecule has 1 aliphatic rings. The molecule has 0 spiro atoms. The molecule has 8 heteroatoms. The summed E-state index contributed by atoms with van der Waals surface area (Å²) >= 11 is 1.02. The van der Waals surface area contributed by atoms with E-state index in [9.17, 15) is 24.9 Å². The van der Waals surface area contributed by atoms with Crippen molar-refractivity contribution in [2.75, 3.05) is 7.11 Å². The molecule has 1 aromatic carbocycles. The number of aromatic hydroxyl groups is 1. The number of phenolic OH excluding ortho intramolecular Hbond substituents is 1. The molecule has 0 aliphatic carbocycles. The maximum atomic E-state index is 12.8. The van der Waals surface area contributed by atoms with Gasteiger partial charge in [-0.2, -0.15) is 0 Å². The number of carbonyl (C=O) groups excluding carboxylic acids is 1. The second-order valence-corrected chi connectivity index (χ2v) is 6.62. The van der Waals surface area contributed by atoms with Crippen LogP contribution in [0.1, 0.15) is 12.5 Å². The summed E-state index contributed by atoms with van der Waals surface area (Å²) in [6, 6.07) is 4.29. The molecule has 0 saturated heterocycles. The van der Waals surface area contributed by atoms with E-state index in [1.54, 1.807) is 6.92 Å². The SMILES string of the molecule is COC(=O)C1(O)c2c(oc3cccc(O)c3c2=O)SC(C)C1O. The molecule has 3 unspecified atom stereocenters. The van der Waals surface area contributed by atoms with E-state index < -0.39 is 33.9 Å². The summed E-state index contributed by atoms with van der Waals surface area (Å²) in [4.78, 5) is 24.9. The van der Waals surface area contributed by atoms with Crippen LogP contribution >= 0.6 is 11.8 Å². The molecule has 0 bridgehead atoms. The summed E-state index contributed by atoms with van der Waals surface area (Å²) in [6.07, 6.45) is -1.57. The highest BCUT2D eigenvalue weighted by atomic mass is 32.2. The van der Waals surface area contributed by atoms with E-state index in [1.807, 2.05) is 0 Å². The van der Waals surface area contributed by atoms with Crippen molar-refractivity contribution in [1.82, 2.24) is 0 Å². The number of aliphatic hydroxyl groups excluding tert-OH is 1. The number of carbonyl (C=O) groups is 1. The molecule has 2 heterocycles. The van der Waals surface area contributed by atoms with Gasteiger partial charge in [-0.05, 0) is 12.1 Å². The summed E-state index contributed by atoms with van der Waals surface area (Å²) < 4.78 is 10.1. The zero-order valence-electron chi connectivity index (χ0n) is 12.3. The number of hydrogen-bond donors (Lipinski definition) is 3. The monoisotopic (exact) mass is 338 g/mol. The van der Waals surface area contributed by atoms with Gasteiger partial charge in [0, 0.05) is 5.25 Å². The highest BCUT2D eigenvalue weighted by Crippen LogP contribution is 2.45. The Balaban J connectivity index is 2.44. The van der Waals surface area contributed by atoms with E-state index in [-0.39, 0.29) is 21.8 Å². The van der Waals surface area contributed by atoms with Gasteiger partial charge in [-0.25, -0.2) is 4.79 Å². The van der Waals surface area contributed by atoms with Crippen LogP contribution in [0, 0.1) is 0 Å². The Kier molecular flexibility index (Phi) is 3.62. The van der Waals surface area contributed by atoms with E-state index in [2.05, 4.69) is 4.74 Å². The van der Waals surface area contributed by atoms with Crippen LogP contribution in [0.5, 0.6) is 5.75 Å². The topological polar surface area (TPSA) is 117 Å². The second-order valence-electron chi connectivity index (χ2n) is 5.27. The van der Waals surface area contributed by atoms with Crippen LogP contribution in [-0.2, 0) is 15.1 Å². The van der Waals surface area contributed by atoms with Crippen LogP contribution in [0.2, 0.25) is 0 Å². The minimum absolute atomic E-state index is 0.0128. The highest BCUT2D eigenvalue weighted by molar-refractivity contribution is 7.99. The van der Waals surface area contributed by atoms with Crippen molar-refractivity contribution in [1.29, 1.82) is 0 Å². The summed E-state index contributed by atoms with van der Waals surface area (Å²) in [5, 5.41) is 30.2. The predicted octanol–water partition coefficient (Wildman–Crippen LogP) is 0.714. The van der Waals surface area contributed by atoms with E-state index in [0.29, 0.717) is 0 Å². The molecule has 0 amide bonds. The van der Waals surface area contributed by atoms with Gasteiger partial charge in [0.1, 0.15) is 22.8 Å². The largest absolute Gasteiger partial charge is 0.507 e. The quantitative estimate of drug-likeness (QED) is 0.651. The number of methoxy groups -OCH3 is 1. The van der Waals surface area contributed by atoms with Gasteiger partial charge in [0.15, 0.2) is 5.09 Å². The minimum Gasteiger partial charge on any atom is -0.507 e. The Morgan fingerprint density at radius 1 is 1.43 bits per heavy atom. The van der Waals surface area contributed by atoms with Gasteiger partial charge in [-0.15, -0.1) is 0 Å². The van der Waals surface area contributed by atoms with Crippen molar-refractivity contribution in [3.63, 3.8) is 0 Å². The molecule has 3 N–H and O–H groups in total. The zero-order chi connectivity index (χ0) is 16.9. The number of esters is 1. The number of phenols is 1. The first-order valence-corrected chi connectivity index (χ1v) is 7.65. The minimum atomic E-state index is -2.56. The normalized spacial score (nSPS) is 26.8. The Hall–Kier alpha value is -2.03. The fourth-order valence-corrected chi connectivity index (χ4v) is 3.88. The lowest BCUT2D eigenvalue weighted by Gasteiger charge is -2.37. The summed E-state index contributed by atoms with van der Waals surface area (Å²) in [6.45, 7) is 1.58. The van der Waals surface area contributed by atoms with Crippen LogP contribution in [0.3, 0.4) is 0 Å². The van der Waals surface area contributed by atoms with Gasteiger partial charge in [-0.3, -0.25) is 4.79 Å². The molecular formula is C15H14O7S. The third-order valence-electron chi connectivity index (χ3n) is 3.91. The fraction of sp³-hybridized carbons (Fsp3) is 0.333. The molecule has 0 saturated carbocycles. The smallest absolute Gasteiger partial charge is 0.345 e. The van der Waals surface area contributed by atoms with Crippen molar-refractivity contribution in [3.8, 4) is 5.75 Å². The van der Waals surface area contributed by atoms with Gasteiger partial charge >= 0.3 is 5.97 Å². The summed E-state index contributed by atoms with van der Waals surface area (Å²) in [5.74, 6) is -1.51. The molecule has 2 aromatic rings. The van der Waals surface area contributed by atoms with Crippen LogP contribution in [0.15, 0.2) is 32.5 Å². The number of fused-ring (bicyclic) bond motifs is 2. The number of hydrogen-bond acceptors (Lipinski definition) is 8. The maximum absolute atomic E-state index is 12.8. The standard InChI is InChI=1S/C15H14O7S/c1-6-12(18)15(20,14(19)21-2)10-11(17)9-7(16)4-3-5-8(9)22-13(10)23-6/h3-6,12,16,18,20H,1-2H3. The predicted molar refractivity (Wildman–Crippen MR) is 81.4 cm³/mol. The molecule has 3 rings (SSSR count). The average molecular weight is 338 g/mol. The molecule has 0 fully saturated rings. The lowest BCUT2D eigenvalue weighted by molar-refractivity contribution is -0.179. The zero-order valence-corrected chi connectivity index (χ0v) is 13.1. The Labute approximate surface area is 134 Å². The molecule has 1 aliphatic heterocycles. The fourth-order valence-electron chi connectivity index (χ4n) is 2.71. The Morgan fingerprint density at radius 2 is 2.13 bits per heavy atom. The Bertz CT molecular complexity index is 859. The first kappa shape index (κ1) is 15.9. The van der Waals surface area contributed by atoms with Crippen LogP contribution in [-0.4, -0.2) is 39.8 Å². The van der Waals surface area contributed by atoms with Crippen molar-refractivity contribution in [2.24, 2.45) is 0 Å². The third-order valence-corrected chi connectivity index (χ3v) is 5.04. The van der Waals surface area contributed by atoms with E-state index in [0.717, 1.165) is 18.9 Å². The van der Waals surface area contributed by atoms with Crippen molar-refractivity contribution < 1.29 is 29.3 Å². The lowest BCUT2D eigenvalue weighted by atomic mass is 9.86. The van der Waals surface area contributed by atoms with Crippen molar-refractivity contribution >= 4 is 28.7 Å². The van der Waals surface area contributed by atoms with E-state index in [4.69, 9.17) is 4.42 Å². The van der Waals surface area contributed by atoms with Crippen LogP contribution in [0.4, 0.5) is 0 Å². The molecular weight excluding hydrogens is 324 g/mol. The number of benzene rings is 1. The summed E-state index contributed by atoms with van der Waals surface area (Å²) in [5.41, 5.74) is -3.65. The molecule has 7 nitrogen and oxygen atoms in total. The van der Waals surface area contributed by atoms with Gasteiger partial charge < -0.3 is 24.5 Å². The van der Waals surface area contributed by atoms with E-state index >= 15 is 0 Å². The van der Waals surface area contributed by atoms with Crippen LogP contribution < -0.4 is 5.43 Å². The van der Waals surface area contributed by atoms with Crippen LogP contribution in [0.25, 0.3) is 11.0 Å². The van der Waals surface area contributed by atoms with Gasteiger partial charge in [0.25, 0.3) is 0 Å². The molecule has 3 atom stereocenters. The summed E-state index contributed by atoms with van der Waals surface area (Å²) in [7, 11) is 1.04. The average Bonchev–Trinajstić information content (AvgIpc) is 2.51. The van der Waals surface area contributed by atoms with E-state index in [1.165, 1.54) is 18.2 Å². The van der Waals surface area contributed by atoms with Gasteiger partial charge in [0.05, 0.1) is 12.7 Å². The number of aliphatic hydroxyl groups is 2. The highest BCUT2D eigenvalue weighted by Gasteiger charge is 2.56. The van der Waals surface area contributed by atoms with Crippen molar-refractivity contribution in [3.05, 3.63) is 34.0 Å². The first-order valence-electron chi connectivity index (χ1n) is 6.77. The van der Waals surface area contributed by atoms with Crippen molar-refractivity contribution in [2.45, 2.75) is 29.0 Å². The molecule has 0 radical (unpaired) electrons. The molecule has 122 valence electrons. The molecule has 1 aromatic heterocycles. The number of thioether (sulfide) groups is 1. The number of rotatable bonds is 1. The second kappa shape index (κ2) is 5.26. The third kappa shape index (κ3) is 2.06. The molecule has 23 heavy (non-hydrogen) atoms. The maximum Gasteiger partial charge on any atom is 0.345 e. The van der Waals surface area contributed by atoms with Gasteiger partial charge in [-0.1, -0.05) is 24.8 Å². The first-order chi connectivity index (χ1) is 10.8. The Morgan fingerprint density at radius 3 is 2.78 bits per heavy atom.